The predicted octanol–water partition coefficient (Wildman–Crippen LogP) is 10.6. The molecule has 2 aromatic carbocycles. The van der Waals surface area contributed by atoms with Crippen LogP contribution in [0.5, 0.6) is 5.75 Å². The topological polar surface area (TPSA) is 173 Å². The Hall–Kier alpha value is -6.23. The van der Waals surface area contributed by atoms with Crippen molar-refractivity contribution in [2.24, 2.45) is 17.8 Å². The molecule has 0 aliphatic carbocycles. The number of ether oxygens (including phenoxy) is 3. The normalized spacial score (nSPS) is 20.9. The van der Waals surface area contributed by atoms with Crippen LogP contribution in [0.1, 0.15) is 121 Å². The van der Waals surface area contributed by atoms with Gasteiger partial charge in [0.05, 0.1) is 69.6 Å². The fourth-order valence-corrected chi connectivity index (χ4v) is 10.9. The van der Waals surface area contributed by atoms with E-state index in [1.54, 1.807) is 33.5 Å². The quantitative estimate of drug-likeness (QED) is 0.121. The molecule has 3 N–H and O–H groups in total. The van der Waals surface area contributed by atoms with E-state index in [4.69, 9.17) is 29.2 Å². The molecule has 1 unspecified atom stereocenters. The molecule has 3 aliphatic rings. The second-order valence-electron chi connectivity index (χ2n) is 20.0. The van der Waals surface area contributed by atoms with E-state index in [-0.39, 0.29) is 42.0 Å². The van der Waals surface area contributed by atoms with Gasteiger partial charge in [-0.15, -0.1) is 11.3 Å². The van der Waals surface area contributed by atoms with Crippen LogP contribution in [0.15, 0.2) is 55.0 Å². The number of aromatic amines is 2. The lowest BCUT2D eigenvalue weighted by Gasteiger charge is -2.31. The fraction of sp³-hybridized carbons (Fsp3) is 0.480. The van der Waals surface area contributed by atoms with Crippen LogP contribution in [0.3, 0.4) is 0 Å². The molecule has 3 aliphatic heterocycles. The summed E-state index contributed by atoms with van der Waals surface area (Å²) in [5.41, 5.74) is 4.04. The predicted molar refractivity (Wildman–Crippen MR) is 254 cm³/mol. The van der Waals surface area contributed by atoms with Crippen molar-refractivity contribution >= 4 is 40.3 Å². The first-order valence-electron chi connectivity index (χ1n) is 23.3. The van der Waals surface area contributed by atoms with E-state index in [1.807, 2.05) is 65.1 Å². The molecule has 3 amide bonds. The number of carbonyl (C=O) groups excluding carboxylic acids is 3. The van der Waals surface area contributed by atoms with Crippen molar-refractivity contribution < 1.29 is 33.0 Å². The molecule has 67 heavy (non-hydrogen) atoms. The number of nitrogens with zero attached hydrogens (tertiary/aromatic N) is 6. The molecular formula is C50H60FN9O6S. The summed E-state index contributed by atoms with van der Waals surface area (Å²) >= 11 is 1.59. The SMILES string of the molecule is COC(=O)N[C@H](C(=O)N1CCC[C@H]1c1ncc(-c2cc(F)c3c(c2)OC(c2cnc(CC(C)C)s2)n2c-3cc3cc(-c4cnc([C@@H]5C[C@H](C)[C@@H](C)N5C(=O)OC(C)(C)C)[nH]4)ccc32)[nH]1)C(C)C. The number of rotatable bonds is 10. The zero-order valence-electron chi connectivity index (χ0n) is 39.8. The van der Waals surface area contributed by atoms with Crippen LogP contribution >= 0.6 is 11.3 Å². The zero-order chi connectivity index (χ0) is 47.6. The number of halogens is 1. The molecule has 0 radical (unpaired) electrons. The van der Waals surface area contributed by atoms with E-state index in [9.17, 15) is 14.4 Å². The van der Waals surface area contributed by atoms with Gasteiger partial charge in [0.1, 0.15) is 34.9 Å². The summed E-state index contributed by atoms with van der Waals surface area (Å²) in [5, 5.41) is 4.57. The number of aromatic nitrogens is 6. The van der Waals surface area contributed by atoms with Gasteiger partial charge in [0.15, 0.2) is 0 Å². The first-order chi connectivity index (χ1) is 31.9. The maximum atomic E-state index is 16.9. The van der Waals surface area contributed by atoms with Crippen molar-refractivity contribution in [3.05, 3.63) is 82.3 Å². The van der Waals surface area contributed by atoms with Gasteiger partial charge in [0, 0.05) is 41.7 Å². The number of H-pyrrole nitrogens is 2. The molecular weight excluding hydrogens is 874 g/mol. The summed E-state index contributed by atoms with van der Waals surface area (Å²) in [7, 11) is 1.27. The average molecular weight is 934 g/mol. The Bertz CT molecular complexity index is 2840. The van der Waals surface area contributed by atoms with Gasteiger partial charge in [0.2, 0.25) is 12.1 Å². The third-order valence-corrected chi connectivity index (χ3v) is 14.2. The van der Waals surface area contributed by atoms with Crippen molar-refractivity contribution in [3.63, 3.8) is 0 Å². The summed E-state index contributed by atoms with van der Waals surface area (Å²) < 4.78 is 36.5. The number of hydrogen-bond donors (Lipinski definition) is 3. The summed E-state index contributed by atoms with van der Waals surface area (Å²) in [6.07, 6.45) is 6.69. The number of fused-ring (bicyclic) bond motifs is 5. The first-order valence-corrected chi connectivity index (χ1v) is 24.1. The Balaban J connectivity index is 1.05. The molecule has 17 heteroatoms. The molecule has 0 saturated carbocycles. The fourth-order valence-electron chi connectivity index (χ4n) is 9.74. The Morgan fingerprint density at radius 1 is 0.955 bits per heavy atom. The number of likely N-dealkylation sites (tertiary alicyclic amines) is 2. The van der Waals surface area contributed by atoms with E-state index in [0.717, 1.165) is 51.3 Å². The minimum Gasteiger partial charge on any atom is -0.464 e. The molecule has 6 atom stereocenters. The maximum absolute atomic E-state index is 16.9. The van der Waals surface area contributed by atoms with Crippen LogP contribution in [0.25, 0.3) is 44.7 Å². The van der Waals surface area contributed by atoms with Gasteiger partial charge >= 0.3 is 12.2 Å². The van der Waals surface area contributed by atoms with Crippen LogP contribution in [-0.4, -0.2) is 88.7 Å². The number of amides is 3. The van der Waals surface area contributed by atoms with Crippen LogP contribution in [0.4, 0.5) is 14.0 Å². The van der Waals surface area contributed by atoms with E-state index in [0.29, 0.717) is 58.8 Å². The molecule has 2 saturated heterocycles. The lowest BCUT2D eigenvalue weighted by molar-refractivity contribution is -0.135. The minimum absolute atomic E-state index is 0.0223. The molecule has 354 valence electrons. The number of benzene rings is 2. The van der Waals surface area contributed by atoms with Crippen molar-refractivity contribution in [1.82, 2.24) is 44.6 Å². The molecule has 6 aromatic rings. The summed E-state index contributed by atoms with van der Waals surface area (Å²) in [6, 6.07) is 10.1. The summed E-state index contributed by atoms with van der Waals surface area (Å²) in [4.78, 5) is 65.0. The average Bonchev–Trinajstić information content (AvgIpc) is 4.13. The monoisotopic (exact) mass is 933 g/mol. The van der Waals surface area contributed by atoms with Crippen LogP contribution in [0.2, 0.25) is 0 Å². The van der Waals surface area contributed by atoms with Crippen molar-refractivity contribution in [2.45, 2.75) is 124 Å². The van der Waals surface area contributed by atoms with Crippen molar-refractivity contribution in [3.8, 4) is 39.5 Å². The highest BCUT2D eigenvalue weighted by atomic mass is 32.1. The molecule has 4 aromatic heterocycles. The van der Waals surface area contributed by atoms with E-state index in [1.165, 1.54) is 13.2 Å². The van der Waals surface area contributed by atoms with E-state index >= 15 is 4.39 Å². The van der Waals surface area contributed by atoms with E-state index < -0.39 is 29.8 Å². The highest BCUT2D eigenvalue weighted by Crippen LogP contribution is 2.48. The van der Waals surface area contributed by atoms with Crippen LogP contribution < -0.4 is 10.1 Å². The van der Waals surface area contributed by atoms with Crippen LogP contribution in [-0.2, 0) is 20.7 Å². The Labute approximate surface area is 393 Å². The number of methoxy groups -OCH3 is 1. The van der Waals surface area contributed by atoms with E-state index in [2.05, 4.69) is 53.6 Å². The Morgan fingerprint density at radius 3 is 2.36 bits per heavy atom. The molecule has 2 fully saturated rings. The number of carbonyl (C=O) groups is 3. The van der Waals surface area contributed by atoms with Gasteiger partial charge < -0.3 is 34.4 Å². The zero-order valence-corrected chi connectivity index (χ0v) is 40.6. The number of alkyl carbamates (subject to hydrolysis) is 1. The highest BCUT2D eigenvalue weighted by Gasteiger charge is 2.44. The smallest absolute Gasteiger partial charge is 0.411 e. The Kier molecular flexibility index (Phi) is 12.2. The van der Waals surface area contributed by atoms with Gasteiger partial charge in [-0.1, -0.05) is 40.7 Å². The molecule has 7 heterocycles. The minimum atomic E-state index is -0.767. The van der Waals surface area contributed by atoms with Gasteiger partial charge in [-0.05, 0) is 95.0 Å². The van der Waals surface area contributed by atoms with Gasteiger partial charge in [-0.2, -0.15) is 0 Å². The highest BCUT2D eigenvalue weighted by molar-refractivity contribution is 7.11. The first kappa shape index (κ1) is 45.9. The Morgan fingerprint density at radius 2 is 1.67 bits per heavy atom. The molecule has 9 rings (SSSR count). The summed E-state index contributed by atoms with van der Waals surface area (Å²) in [6.45, 7) is 18.4. The van der Waals surface area contributed by atoms with Crippen molar-refractivity contribution in [1.29, 1.82) is 0 Å². The summed E-state index contributed by atoms with van der Waals surface area (Å²) in [5.74, 6) is 1.47. The second kappa shape index (κ2) is 17.8. The largest absolute Gasteiger partial charge is 0.464 e. The third kappa shape index (κ3) is 8.78. The lowest BCUT2D eigenvalue weighted by atomic mass is 10.0. The number of nitrogens with one attached hydrogen (secondary N) is 3. The lowest BCUT2D eigenvalue weighted by Crippen LogP contribution is -2.51. The number of imidazole rings is 2. The second-order valence-corrected chi connectivity index (χ2v) is 21.1. The van der Waals surface area contributed by atoms with Crippen molar-refractivity contribution in [2.75, 3.05) is 13.7 Å². The van der Waals surface area contributed by atoms with Gasteiger partial charge in [-0.25, -0.2) is 28.9 Å². The molecule has 0 bridgehead atoms. The number of thiazole rings is 1. The molecule has 0 spiro atoms. The van der Waals surface area contributed by atoms with Crippen LogP contribution in [0, 0.1) is 23.6 Å². The number of hydrogen-bond acceptors (Lipinski definition) is 10. The third-order valence-electron chi connectivity index (χ3n) is 13.2. The molecule has 15 nitrogen and oxygen atoms in total. The van der Waals surface area contributed by atoms with Gasteiger partial charge in [0.25, 0.3) is 0 Å². The maximum Gasteiger partial charge on any atom is 0.411 e. The van der Waals surface area contributed by atoms with Gasteiger partial charge in [-0.3, -0.25) is 14.3 Å². The standard InChI is InChI=1S/C50H60FN9O6S/c1-25(2)16-41-52-24-40(67-41)47-60-35-14-13-29(33-22-54-45(55-33)38-17-27(5)28(6)59(38)49(63)66-50(7,8)9)18-31(35)20-37(60)42-32(51)19-30(21-39(42)65-47)34-23-53-44(56-34)36-12-11-15-58(36)46(61)43(26(3)4)57-48(62)64-10/h13-14,18-28,36,38,43,47H,11-12,15-17H2,1-10H3,(H,53,56)(H,54,55)(H,57,62)/t27-,28+,36-,38-,43-,47?/m0/s1.